The summed E-state index contributed by atoms with van der Waals surface area (Å²) >= 11 is 0. The van der Waals surface area contributed by atoms with E-state index in [1.54, 1.807) is 0 Å². The molecule has 1 rings (SSSR count). The van der Waals surface area contributed by atoms with Crippen molar-refractivity contribution < 1.29 is 4.74 Å². The van der Waals surface area contributed by atoms with Crippen molar-refractivity contribution in [1.29, 1.82) is 0 Å². The molecule has 0 fully saturated rings. The maximum absolute atomic E-state index is 6.09. The predicted molar refractivity (Wildman–Crippen MR) is 79.7 cm³/mol. The molecule has 0 atom stereocenters. The van der Waals surface area contributed by atoms with Crippen LogP contribution in [0, 0.1) is 0 Å². The van der Waals surface area contributed by atoms with E-state index < -0.39 is 0 Å². The van der Waals surface area contributed by atoms with Gasteiger partial charge in [-0.1, -0.05) is 20.8 Å². The maximum atomic E-state index is 6.09. The van der Waals surface area contributed by atoms with Crippen LogP contribution in [0.4, 0.5) is 11.5 Å². The van der Waals surface area contributed by atoms with Crippen molar-refractivity contribution in [2.45, 2.75) is 59.4 Å². The van der Waals surface area contributed by atoms with Crippen LogP contribution < -0.4 is 15.8 Å². The highest BCUT2D eigenvalue weighted by Crippen LogP contribution is 2.30. The summed E-state index contributed by atoms with van der Waals surface area (Å²) in [6.45, 7) is 13.0. The van der Waals surface area contributed by atoms with Crippen molar-refractivity contribution >= 4 is 11.5 Å². The van der Waals surface area contributed by atoms with Gasteiger partial charge >= 0.3 is 0 Å². The van der Waals surface area contributed by atoms with Gasteiger partial charge in [0.1, 0.15) is 11.5 Å². The first-order valence-electron chi connectivity index (χ1n) is 6.83. The number of hydrogen-bond acceptors (Lipinski definition) is 5. The number of ether oxygens (including phenoxy) is 1. The van der Waals surface area contributed by atoms with Gasteiger partial charge in [-0.25, -0.2) is 4.98 Å². The van der Waals surface area contributed by atoms with Crippen LogP contribution in [0.2, 0.25) is 0 Å². The van der Waals surface area contributed by atoms with Gasteiger partial charge in [0, 0.05) is 11.5 Å². The molecule has 0 bridgehead atoms. The van der Waals surface area contributed by atoms with E-state index >= 15 is 0 Å². The quantitative estimate of drug-likeness (QED) is 0.856. The second-order valence-electron chi connectivity index (χ2n) is 6.03. The number of aromatic nitrogens is 2. The number of anilines is 2. The largest absolute Gasteiger partial charge is 0.476 e. The van der Waals surface area contributed by atoms with E-state index in [0.29, 0.717) is 24.0 Å². The van der Waals surface area contributed by atoms with E-state index in [9.17, 15) is 0 Å². The van der Waals surface area contributed by atoms with Crippen LogP contribution in [0.15, 0.2) is 0 Å². The van der Waals surface area contributed by atoms with Crippen molar-refractivity contribution in [2.24, 2.45) is 0 Å². The second kappa shape index (κ2) is 6.08. The Hall–Kier alpha value is -1.52. The number of rotatable bonds is 5. The number of nitrogen functional groups attached to an aromatic ring is 1. The van der Waals surface area contributed by atoms with Gasteiger partial charge in [-0.05, 0) is 27.2 Å². The zero-order valence-electron chi connectivity index (χ0n) is 12.9. The summed E-state index contributed by atoms with van der Waals surface area (Å²) in [5, 5.41) is 3.31. The fourth-order valence-corrected chi connectivity index (χ4v) is 1.48. The van der Waals surface area contributed by atoms with Gasteiger partial charge in [-0.15, -0.1) is 0 Å². The summed E-state index contributed by atoms with van der Waals surface area (Å²) in [5.74, 6) is 2.10. The van der Waals surface area contributed by atoms with Gasteiger partial charge < -0.3 is 15.8 Å². The van der Waals surface area contributed by atoms with Crippen molar-refractivity contribution in [3.05, 3.63) is 5.82 Å². The Labute approximate surface area is 116 Å². The van der Waals surface area contributed by atoms with E-state index in [4.69, 9.17) is 10.5 Å². The molecule has 1 aromatic rings. The molecule has 1 aromatic heterocycles. The van der Waals surface area contributed by atoms with Gasteiger partial charge in [0.2, 0.25) is 5.88 Å². The molecule has 0 saturated carbocycles. The number of nitrogens with zero attached hydrogens (tertiary/aromatic N) is 2. The molecule has 19 heavy (non-hydrogen) atoms. The highest BCUT2D eigenvalue weighted by Gasteiger charge is 2.19. The molecular weight excluding hydrogens is 240 g/mol. The zero-order valence-corrected chi connectivity index (χ0v) is 12.9. The molecule has 0 aliphatic carbocycles. The summed E-state index contributed by atoms with van der Waals surface area (Å²) in [6, 6.07) is 0. The second-order valence-corrected chi connectivity index (χ2v) is 6.03. The number of hydrogen-bond donors (Lipinski definition) is 2. The van der Waals surface area contributed by atoms with E-state index in [-0.39, 0.29) is 11.5 Å². The van der Waals surface area contributed by atoms with Crippen molar-refractivity contribution in [1.82, 2.24) is 9.97 Å². The summed E-state index contributed by atoms with van der Waals surface area (Å²) in [5.41, 5.74) is 6.45. The minimum absolute atomic E-state index is 0.112. The van der Waals surface area contributed by atoms with E-state index in [1.165, 1.54) is 0 Å². The molecule has 0 radical (unpaired) electrons. The molecule has 5 nitrogen and oxygen atoms in total. The molecule has 3 N–H and O–H groups in total. The Morgan fingerprint density at radius 2 is 1.89 bits per heavy atom. The van der Waals surface area contributed by atoms with Crippen molar-refractivity contribution in [3.63, 3.8) is 0 Å². The summed E-state index contributed by atoms with van der Waals surface area (Å²) in [4.78, 5) is 8.90. The Kier molecular flexibility index (Phi) is 4.97. The summed E-state index contributed by atoms with van der Waals surface area (Å²) in [6.07, 6.45) is 0.919. The predicted octanol–water partition coefficient (Wildman–Crippen LogP) is 3.18. The van der Waals surface area contributed by atoms with Crippen LogP contribution in [0.3, 0.4) is 0 Å². The fraction of sp³-hybridized carbons (Fsp3) is 0.714. The average molecular weight is 266 g/mol. The number of nitrogens with two attached hydrogens (primary N) is 1. The van der Waals surface area contributed by atoms with Crippen molar-refractivity contribution in [2.75, 3.05) is 17.7 Å². The highest BCUT2D eigenvalue weighted by atomic mass is 16.5. The van der Waals surface area contributed by atoms with Crippen LogP contribution in [0.25, 0.3) is 0 Å². The lowest BCUT2D eigenvalue weighted by Crippen LogP contribution is -2.28. The van der Waals surface area contributed by atoms with Gasteiger partial charge in [-0.2, -0.15) is 4.98 Å². The standard InChI is InChI=1S/C14H26N4O/c1-7-8-19-13-10(15)12(18-14(4,5)6)16-11(17-13)9(2)3/h9H,7-8,15H2,1-6H3,(H,16,17,18). The van der Waals surface area contributed by atoms with Crippen molar-refractivity contribution in [3.8, 4) is 5.88 Å². The minimum atomic E-state index is -0.112. The molecule has 1 heterocycles. The molecule has 0 aliphatic heterocycles. The van der Waals surface area contributed by atoms with E-state index in [2.05, 4.69) is 56.8 Å². The number of nitrogens with one attached hydrogen (secondary N) is 1. The molecule has 5 heteroatoms. The Morgan fingerprint density at radius 1 is 1.26 bits per heavy atom. The smallest absolute Gasteiger partial charge is 0.242 e. The Morgan fingerprint density at radius 3 is 2.37 bits per heavy atom. The lowest BCUT2D eigenvalue weighted by atomic mass is 10.1. The van der Waals surface area contributed by atoms with Gasteiger partial charge in [0.15, 0.2) is 5.82 Å². The minimum Gasteiger partial charge on any atom is -0.476 e. The topological polar surface area (TPSA) is 73.1 Å². The Balaban J connectivity index is 3.16. The summed E-state index contributed by atoms with van der Waals surface area (Å²) in [7, 11) is 0. The zero-order chi connectivity index (χ0) is 14.6. The Bertz CT molecular complexity index is 424. The third-order valence-electron chi connectivity index (χ3n) is 2.38. The first kappa shape index (κ1) is 15.5. The first-order chi connectivity index (χ1) is 8.74. The van der Waals surface area contributed by atoms with E-state index in [0.717, 1.165) is 12.2 Å². The van der Waals surface area contributed by atoms with Gasteiger partial charge in [0.05, 0.1) is 6.61 Å². The fourth-order valence-electron chi connectivity index (χ4n) is 1.48. The first-order valence-corrected chi connectivity index (χ1v) is 6.83. The lowest BCUT2D eigenvalue weighted by Gasteiger charge is -2.23. The van der Waals surface area contributed by atoms with Crippen LogP contribution in [0.1, 0.15) is 59.7 Å². The molecule has 0 amide bonds. The van der Waals surface area contributed by atoms with Crippen LogP contribution >= 0.6 is 0 Å². The molecular formula is C14H26N4O. The van der Waals surface area contributed by atoms with Gasteiger partial charge in [0.25, 0.3) is 0 Å². The van der Waals surface area contributed by atoms with Crippen LogP contribution in [-0.2, 0) is 0 Å². The lowest BCUT2D eigenvalue weighted by molar-refractivity contribution is 0.305. The molecule has 0 aromatic carbocycles. The molecule has 0 saturated heterocycles. The van der Waals surface area contributed by atoms with Gasteiger partial charge in [-0.3, -0.25) is 0 Å². The molecule has 0 spiro atoms. The average Bonchev–Trinajstić information content (AvgIpc) is 2.28. The van der Waals surface area contributed by atoms with Crippen LogP contribution in [0.5, 0.6) is 5.88 Å². The molecule has 0 aliphatic rings. The highest BCUT2D eigenvalue weighted by molar-refractivity contribution is 5.67. The monoisotopic (exact) mass is 266 g/mol. The molecule has 108 valence electrons. The van der Waals surface area contributed by atoms with Crippen LogP contribution in [-0.4, -0.2) is 22.1 Å². The third-order valence-corrected chi connectivity index (χ3v) is 2.38. The SMILES string of the molecule is CCCOc1nc(C(C)C)nc(NC(C)(C)C)c1N. The van der Waals surface area contributed by atoms with E-state index in [1.807, 2.05) is 0 Å². The summed E-state index contributed by atoms with van der Waals surface area (Å²) < 4.78 is 5.62. The third kappa shape index (κ3) is 4.58. The normalized spacial score (nSPS) is 11.7. The maximum Gasteiger partial charge on any atom is 0.242 e. The molecule has 0 unspecified atom stereocenters.